The lowest BCUT2D eigenvalue weighted by Gasteiger charge is -2.29. The fourth-order valence-electron chi connectivity index (χ4n) is 3.00. The molecule has 1 amide bonds. The van der Waals surface area contributed by atoms with Crippen molar-refractivity contribution in [3.05, 3.63) is 24.3 Å². The Morgan fingerprint density at radius 3 is 2.20 bits per heavy atom. The summed E-state index contributed by atoms with van der Waals surface area (Å²) in [5, 5.41) is 2.75. The standard InChI is InChI=1S/C17H22Cl2N2O3S/c1-12-7-9-21(10-8-12)25(23,24)14-5-3-13(4-6-14)20-15(22)16(2)11-17(16,18)19/h3-6,12H,7-11H2,1-2H3,(H,20,22). The fourth-order valence-corrected chi connectivity index (χ4v) is 5.18. The van der Waals surface area contributed by atoms with E-state index >= 15 is 0 Å². The molecule has 1 atom stereocenters. The number of benzene rings is 1. The normalized spacial score (nSPS) is 27.0. The minimum atomic E-state index is -3.49. The maximum atomic E-state index is 12.7. The SMILES string of the molecule is CC1CCN(S(=O)(=O)c2ccc(NC(=O)C3(C)CC3(Cl)Cl)cc2)CC1. The summed E-state index contributed by atoms with van der Waals surface area (Å²) < 4.78 is 25.9. The Hall–Kier alpha value is -0.820. The largest absolute Gasteiger partial charge is 0.326 e. The number of anilines is 1. The second kappa shape index (κ2) is 6.41. The lowest BCUT2D eigenvalue weighted by molar-refractivity contribution is -0.120. The van der Waals surface area contributed by atoms with Crippen molar-refractivity contribution < 1.29 is 13.2 Å². The summed E-state index contributed by atoms with van der Waals surface area (Å²) in [5.74, 6) is 0.293. The smallest absolute Gasteiger partial charge is 0.243 e. The van der Waals surface area contributed by atoms with Crippen LogP contribution in [0.3, 0.4) is 0 Å². The molecule has 25 heavy (non-hydrogen) atoms. The predicted molar refractivity (Wildman–Crippen MR) is 99.4 cm³/mol. The van der Waals surface area contributed by atoms with E-state index in [-0.39, 0.29) is 10.8 Å². The highest BCUT2D eigenvalue weighted by molar-refractivity contribution is 7.89. The summed E-state index contributed by atoms with van der Waals surface area (Å²) in [5.41, 5.74) is -0.292. The molecule has 0 bridgehead atoms. The molecule has 5 nitrogen and oxygen atoms in total. The van der Waals surface area contributed by atoms with Gasteiger partial charge < -0.3 is 5.32 Å². The number of rotatable bonds is 4. The third-order valence-electron chi connectivity index (χ3n) is 5.25. The van der Waals surface area contributed by atoms with E-state index in [0.29, 0.717) is 31.1 Å². The van der Waals surface area contributed by atoms with E-state index in [1.807, 2.05) is 0 Å². The molecule has 0 spiro atoms. The third-order valence-corrected chi connectivity index (χ3v) is 8.27. The number of hydrogen-bond donors (Lipinski definition) is 1. The van der Waals surface area contributed by atoms with Gasteiger partial charge in [0.05, 0.1) is 10.3 Å². The van der Waals surface area contributed by atoms with Crippen LogP contribution >= 0.6 is 23.2 Å². The fraction of sp³-hybridized carbons (Fsp3) is 0.588. The first-order valence-electron chi connectivity index (χ1n) is 8.36. The number of carbonyl (C=O) groups excluding carboxylic acids is 1. The van der Waals surface area contributed by atoms with E-state index in [2.05, 4.69) is 12.2 Å². The van der Waals surface area contributed by atoms with E-state index in [4.69, 9.17) is 23.2 Å². The molecule has 0 aromatic heterocycles. The average molecular weight is 405 g/mol. The van der Waals surface area contributed by atoms with Crippen LogP contribution in [0.4, 0.5) is 5.69 Å². The van der Waals surface area contributed by atoms with Crippen LogP contribution in [0.2, 0.25) is 0 Å². The third kappa shape index (κ3) is 3.54. The molecule has 8 heteroatoms. The summed E-state index contributed by atoms with van der Waals surface area (Å²) >= 11 is 12.0. The number of amides is 1. The molecule has 2 aliphatic rings. The Labute approximate surface area is 158 Å². The summed E-state index contributed by atoms with van der Waals surface area (Å²) in [6, 6.07) is 6.22. The van der Waals surface area contributed by atoms with Gasteiger partial charge in [0.2, 0.25) is 15.9 Å². The van der Waals surface area contributed by atoms with Gasteiger partial charge in [0.25, 0.3) is 0 Å². The summed E-state index contributed by atoms with van der Waals surface area (Å²) in [6.07, 6.45) is 2.16. The molecule has 1 aliphatic carbocycles. The van der Waals surface area contributed by atoms with Crippen LogP contribution in [-0.2, 0) is 14.8 Å². The minimum absolute atomic E-state index is 0.238. The number of carbonyl (C=O) groups is 1. The number of halogens is 2. The molecule has 1 aliphatic heterocycles. The number of alkyl halides is 2. The van der Waals surface area contributed by atoms with Crippen molar-refractivity contribution in [2.24, 2.45) is 11.3 Å². The molecule has 2 fully saturated rings. The summed E-state index contributed by atoms with van der Waals surface area (Å²) in [4.78, 5) is 12.5. The maximum Gasteiger partial charge on any atom is 0.243 e. The Morgan fingerprint density at radius 1 is 1.20 bits per heavy atom. The van der Waals surface area contributed by atoms with Crippen LogP contribution in [0.1, 0.15) is 33.1 Å². The maximum absolute atomic E-state index is 12.7. The minimum Gasteiger partial charge on any atom is -0.326 e. The van der Waals surface area contributed by atoms with E-state index in [1.54, 1.807) is 19.1 Å². The number of nitrogens with one attached hydrogen (secondary N) is 1. The highest BCUT2D eigenvalue weighted by Crippen LogP contribution is 2.64. The van der Waals surface area contributed by atoms with Crippen LogP contribution in [0.15, 0.2) is 29.2 Å². The van der Waals surface area contributed by atoms with Crippen molar-refractivity contribution in [1.29, 1.82) is 0 Å². The Balaban J connectivity index is 1.69. The van der Waals surface area contributed by atoms with Gasteiger partial charge in [0.15, 0.2) is 0 Å². The molecule has 138 valence electrons. The van der Waals surface area contributed by atoms with Crippen molar-refractivity contribution in [2.75, 3.05) is 18.4 Å². The van der Waals surface area contributed by atoms with Crippen molar-refractivity contribution in [3.8, 4) is 0 Å². The van der Waals surface area contributed by atoms with Gasteiger partial charge in [0.1, 0.15) is 4.33 Å². The number of hydrogen-bond acceptors (Lipinski definition) is 3. The average Bonchev–Trinajstić information content (AvgIpc) is 3.08. The van der Waals surface area contributed by atoms with Crippen molar-refractivity contribution in [1.82, 2.24) is 4.31 Å². The molecule has 1 unspecified atom stereocenters. The quantitative estimate of drug-likeness (QED) is 0.778. The Kier molecular flexibility index (Phi) is 4.86. The highest BCUT2D eigenvalue weighted by Gasteiger charge is 2.67. The van der Waals surface area contributed by atoms with E-state index in [0.717, 1.165) is 12.8 Å². The van der Waals surface area contributed by atoms with Crippen molar-refractivity contribution in [3.63, 3.8) is 0 Å². The van der Waals surface area contributed by atoms with Gasteiger partial charge in [0, 0.05) is 18.8 Å². The Morgan fingerprint density at radius 2 is 1.72 bits per heavy atom. The topological polar surface area (TPSA) is 66.5 Å². The second-order valence-corrected chi connectivity index (χ2v) is 10.7. The second-order valence-electron chi connectivity index (χ2n) is 7.28. The summed E-state index contributed by atoms with van der Waals surface area (Å²) in [6.45, 7) is 4.94. The van der Waals surface area contributed by atoms with E-state index in [9.17, 15) is 13.2 Å². The predicted octanol–water partition coefficient (Wildman–Crippen LogP) is 3.63. The van der Waals surface area contributed by atoms with Crippen LogP contribution in [-0.4, -0.2) is 36.1 Å². The lowest BCUT2D eigenvalue weighted by Crippen LogP contribution is -2.37. The zero-order chi connectivity index (χ0) is 18.5. The molecule has 1 aromatic rings. The first-order valence-corrected chi connectivity index (χ1v) is 10.6. The lowest BCUT2D eigenvalue weighted by atomic mass is 10.0. The van der Waals surface area contributed by atoms with Gasteiger partial charge in [-0.3, -0.25) is 4.79 Å². The number of sulfonamides is 1. The van der Waals surface area contributed by atoms with Crippen LogP contribution < -0.4 is 5.32 Å². The van der Waals surface area contributed by atoms with Gasteiger partial charge in [-0.05, 0) is 56.4 Å². The number of nitrogens with zero attached hydrogens (tertiary/aromatic N) is 1. The molecule has 0 radical (unpaired) electrons. The molecular formula is C17H22Cl2N2O3S. The van der Waals surface area contributed by atoms with Crippen molar-refractivity contribution >= 4 is 44.8 Å². The van der Waals surface area contributed by atoms with E-state index in [1.165, 1.54) is 16.4 Å². The van der Waals surface area contributed by atoms with Crippen LogP contribution in [0.25, 0.3) is 0 Å². The molecule has 1 N–H and O–H groups in total. The van der Waals surface area contributed by atoms with Crippen molar-refractivity contribution in [2.45, 2.75) is 42.3 Å². The molecule has 3 rings (SSSR count). The molecular weight excluding hydrogens is 383 g/mol. The molecule has 1 aromatic carbocycles. The van der Waals surface area contributed by atoms with Crippen LogP contribution in [0, 0.1) is 11.3 Å². The van der Waals surface area contributed by atoms with Gasteiger partial charge in [-0.2, -0.15) is 4.31 Å². The van der Waals surface area contributed by atoms with Gasteiger partial charge in [-0.25, -0.2) is 8.42 Å². The zero-order valence-corrected chi connectivity index (χ0v) is 16.6. The zero-order valence-electron chi connectivity index (χ0n) is 14.3. The van der Waals surface area contributed by atoms with Gasteiger partial charge in [-0.15, -0.1) is 23.2 Å². The summed E-state index contributed by atoms with van der Waals surface area (Å²) in [7, 11) is -3.49. The van der Waals surface area contributed by atoms with Crippen LogP contribution in [0.5, 0.6) is 0 Å². The molecule has 1 heterocycles. The highest BCUT2D eigenvalue weighted by atomic mass is 35.5. The first kappa shape index (κ1) is 19.0. The van der Waals surface area contributed by atoms with Gasteiger partial charge >= 0.3 is 0 Å². The van der Waals surface area contributed by atoms with E-state index < -0.39 is 19.8 Å². The van der Waals surface area contributed by atoms with Gasteiger partial charge in [-0.1, -0.05) is 6.92 Å². The first-order chi connectivity index (χ1) is 11.6. The number of piperidine rings is 1. The Bertz CT molecular complexity index is 772. The monoisotopic (exact) mass is 404 g/mol. The molecule has 1 saturated heterocycles. The molecule has 1 saturated carbocycles.